The Morgan fingerprint density at radius 2 is 1.16 bits per heavy atom. The van der Waals surface area contributed by atoms with Crippen molar-refractivity contribution in [1.29, 1.82) is 0 Å². The van der Waals surface area contributed by atoms with Crippen LogP contribution in [0.15, 0.2) is 133 Å². The molecule has 9 nitrogen and oxygen atoms in total. The number of phosphoric ester groups is 1. The van der Waals surface area contributed by atoms with Crippen molar-refractivity contribution >= 4 is 19.4 Å². The molecule has 6 rings (SSSR count). The Bertz CT molecular complexity index is 1970. The Hall–Kier alpha value is -5.03. The van der Waals surface area contributed by atoms with Gasteiger partial charge in [-0.1, -0.05) is 103 Å². The van der Waals surface area contributed by atoms with Gasteiger partial charge in [0.2, 0.25) is 6.29 Å². The van der Waals surface area contributed by atoms with Crippen LogP contribution in [0.4, 0.5) is 8.78 Å². The van der Waals surface area contributed by atoms with Crippen LogP contribution in [0.5, 0.6) is 11.5 Å². The number of ketones is 2. The number of rotatable bonds is 12. The molecule has 4 atom stereocenters. The van der Waals surface area contributed by atoms with Crippen molar-refractivity contribution in [3.8, 4) is 22.6 Å². The summed E-state index contributed by atoms with van der Waals surface area (Å²) in [5.41, 5.74) is 2.25. The maximum absolute atomic E-state index is 15.0. The number of carbonyl (C=O) groups is 2. The second kappa shape index (κ2) is 14.2. The van der Waals surface area contributed by atoms with E-state index in [1.165, 1.54) is 42.5 Å². The minimum atomic E-state index is -5.16. The van der Waals surface area contributed by atoms with Crippen LogP contribution in [-0.2, 0) is 13.8 Å². The normalized spacial score (nSPS) is 19.5. The van der Waals surface area contributed by atoms with Crippen LogP contribution < -0.4 is 9.05 Å². The van der Waals surface area contributed by atoms with Gasteiger partial charge in [0.25, 0.3) is 0 Å². The van der Waals surface area contributed by atoms with Gasteiger partial charge in [0.05, 0.1) is 6.61 Å². The summed E-state index contributed by atoms with van der Waals surface area (Å²) >= 11 is 0. The third-order valence-corrected chi connectivity index (χ3v) is 8.98. The van der Waals surface area contributed by atoms with Crippen molar-refractivity contribution in [2.24, 2.45) is 0 Å². The maximum Gasteiger partial charge on any atom is 0.590 e. The average molecular weight is 687 g/mol. The lowest BCUT2D eigenvalue weighted by Gasteiger charge is -2.25. The van der Waals surface area contributed by atoms with Gasteiger partial charge in [0.1, 0.15) is 17.6 Å². The zero-order valence-corrected chi connectivity index (χ0v) is 26.5. The van der Waals surface area contributed by atoms with Crippen LogP contribution >= 0.6 is 7.82 Å². The van der Waals surface area contributed by atoms with Crippen molar-refractivity contribution in [2.75, 3.05) is 6.61 Å². The van der Waals surface area contributed by atoms with Gasteiger partial charge in [-0.2, -0.15) is 8.78 Å². The van der Waals surface area contributed by atoms with Gasteiger partial charge >= 0.3 is 13.7 Å². The van der Waals surface area contributed by atoms with Gasteiger partial charge in [-0.05, 0) is 41.5 Å². The number of hydrogen-bond acceptors (Lipinski definition) is 9. The Morgan fingerprint density at radius 3 is 1.71 bits per heavy atom. The Balaban J connectivity index is 1.38. The van der Waals surface area contributed by atoms with E-state index in [4.69, 9.17) is 18.3 Å². The molecular formula is C37H29F2O9P. The monoisotopic (exact) mass is 686 g/mol. The first-order valence-corrected chi connectivity index (χ1v) is 16.5. The molecule has 2 N–H and O–H groups in total. The van der Waals surface area contributed by atoms with Crippen LogP contribution in [0.2, 0.25) is 0 Å². The Morgan fingerprint density at radius 1 is 0.673 bits per heavy atom. The van der Waals surface area contributed by atoms with Gasteiger partial charge < -0.3 is 24.0 Å². The number of hydrogen-bond donors (Lipinski definition) is 2. The second-order valence-corrected chi connectivity index (χ2v) is 12.5. The zero-order chi connectivity index (χ0) is 34.6. The molecule has 12 heteroatoms. The van der Waals surface area contributed by atoms with Crippen molar-refractivity contribution in [2.45, 2.75) is 24.4 Å². The van der Waals surface area contributed by atoms with Crippen molar-refractivity contribution < 1.29 is 51.5 Å². The number of alkyl halides is 2. The molecule has 1 aliphatic rings. The molecule has 0 amide bonds. The predicted molar refractivity (Wildman–Crippen MR) is 175 cm³/mol. The van der Waals surface area contributed by atoms with E-state index >= 15 is 0 Å². The van der Waals surface area contributed by atoms with E-state index in [-0.39, 0.29) is 33.8 Å². The first kappa shape index (κ1) is 33.9. The third-order valence-electron chi connectivity index (χ3n) is 7.66. The van der Waals surface area contributed by atoms with Gasteiger partial charge in [-0.3, -0.25) is 9.59 Å². The molecule has 49 heavy (non-hydrogen) atoms. The molecular weight excluding hydrogens is 657 g/mol. The van der Waals surface area contributed by atoms with E-state index in [1.807, 2.05) is 30.3 Å². The van der Waals surface area contributed by atoms with E-state index < -0.39 is 50.4 Å². The second-order valence-electron chi connectivity index (χ2n) is 11.1. The minimum Gasteiger partial charge on any atom is -0.395 e. The van der Waals surface area contributed by atoms with E-state index in [9.17, 15) is 33.1 Å². The van der Waals surface area contributed by atoms with Crippen molar-refractivity contribution in [1.82, 2.24) is 0 Å². The number of aliphatic hydroxyl groups excluding tert-OH is 2. The number of aliphatic hydroxyl groups is 2. The van der Waals surface area contributed by atoms with Crippen LogP contribution in [0.3, 0.4) is 0 Å². The summed E-state index contributed by atoms with van der Waals surface area (Å²) in [5.74, 6) is -5.65. The van der Waals surface area contributed by atoms with Crippen LogP contribution in [-0.4, -0.2) is 52.8 Å². The van der Waals surface area contributed by atoms with E-state index in [2.05, 4.69) is 0 Å². The van der Waals surface area contributed by atoms with Crippen LogP contribution in [0, 0.1) is 0 Å². The molecule has 5 aromatic rings. The summed E-state index contributed by atoms with van der Waals surface area (Å²) in [7, 11) is -5.16. The summed E-state index contributed by atoms with van der Waals surface area (Å²) < 4.78 is 65.4. The highest BCUT2D eigenvalue weighted by molar-refractivity contribution is 7.49. The largest absolute Gasteiger partial charge is 0.590 e. The maximum atomic E-state index is 15.0. The summed E-state index contributed by atoms with van der Waals surface area (Å²) in [4.78, 5) is 27.4. The highest BCUT2D eigenvalue weighted by Gasteiger charge is 2.62. The number of ether oxygens (including phenoxy) is 1. The molecule has 0 radical (unpaired) electrons. The summed E-state index contributed by atoms with van der Waals surface area (Å²) in [5, 5.41) is 19.4. The average Bonchev–Trinajstić information content (AvgIpc) is 3.34. The SMILES string of the molecule is O=C(c1ccccc1)c1cc(OP(=O)(Oc2ccccc2)O[C@@H]2O[C@H](CO)[C@@H](O)C2(F)F)cc(C(=O)c2ccc(-c3ccccc3)cc2)c1. The quantitative estimate of drug-likeness (QED) is 0.104. The van der Waals surface area contributed by atoms with E-state index in [0.717, 1.165) is 11.1 Å². The minimum absolute atomic E-state index is 0.0440. The highest BCUT2D eigenvalue weighted by atomic mass is 31.2. The molecule has 1 aliphatic heterocycles. The lowest BCUT2D eigenvalue weighted by molar-refractivity contribution is -0.190. The summed E-state index contributed by atoms with van der Waals surface area (Å²) in [6.45, 7) is -0.983. The van der Waals surface area contributed by atoms with Gasteiger partial charge in [-0.25, -0.2) is 9.09 Å². The fraction of sp³-hybridized carbons (Fsp3) is 0.135. The number of carbonyl (C=O) groups excluding carboxylic acids is 2. The molecule has 0 spiro atoms. The zero-order valence-electron chi connectivity index (χ0n) is 25.6. The number of halogens is 2. The number of para-hydroxylation sites is 1. The summed E-state index contributed by atoms with van der Waals surface area (Å²) in [6, 6.07) is 35.5. The highest BCUT2D eigenvalue weighted by Crippen LogP contribution is 2.54. The van der Waals surface area contributed by atoms with Crippen molar-refractivity contribution in [3.05, 3.63) is 156 Å². The lowest BCUT2D eigenvalue weighted by atomic mass is 9.96. The predicted octanol–water partition coefficient (Wildman–Crippen LogP) is 7.11. The topological polar surface area (TPSA) is 129 Å². The summed E-state index contributed by atoms with van der Waals surface area (Å²) in [6.07, 6.45) is -6.90. The first-order valence-electron chi connectivity index (χ1n) is 15.1. The third kappa shape index (κ3) is 7.51. The van der Waals surface area contributed by atoms with Crippen LogP contribution in [0.1, 0.15) is 31.8 Å². The molecule has 1 heterocycles. The smallest absolute Gasteiger partial charge is 0.395 e. The molecule has 0 bridgehead atoms. The van der Waals surface area contributed by atoms with E-state index in [1.54, 1.807) is 60.7 Å². The lowest BCUT2D eigenvalue weighted by Crippen LogP contribution is -2.41. The Labute approximate surface area is 279 Å². The molecule has 5 aromatic carbocycles. The molecule has 250 valence electrons. The molecule has 0 aliphatic carbocycles. The standard InChI is InChI=1S/C37H29F2O9P/c38-37(39)35(43)32(23-40)45-36(37)48-49(44,46-30-14-8-3-9-15-30)47-31-21-28(33(41)26-12-6-2-7-13-26)20-29(22-31)34(42)27-18-16-25(17-19-27)24-10-4-1-5-11-24/h1-22,32,35-36,40,43H,23H2/t32-,35-,36+,49?/m1/s1. The fourth-order valence-electron chi connectivity index (χ4n) is 5.15. The first-order chi connectivity index (χ1) is 23.6. The van der Waals surface area contributed by atoms with Crippen LogP contribution in [0.25, 0.3) is 11.1 Å². The Kier molecular flexibility index (Phi) is 9.82. The van der Waals surface area contributed by atoms with Gasteiger partial charge in [-0.15, -0.1) is 0 Å². The molecule has 1 saturated heterocycles. The molecule has 1 fully saturated rings. The van der Waals surface area contributed by atoms with Crippen molar-refractivity contribution in [3.63, 3.8) is 0 Å². The molecule has 1 unspecified atom stereocenters. The fourth-order valence-corrected chi connectivity index (χ4v) is 6.44. The molecule has 0 aromatic heterocycles. The molecule has 0 saturated carbocycles. The number of phosphoric acid groups is 1. The van der Waals surface area contributed by atoms with Gasteiger partial charge in [0.15, 0.2) is 17.7 Å². The van der Waals surface area contributed by atoms with E-state index in [0.29, 0.717) is 0 Å². The number of benzene rings is 5. The van der Waals surface area contributed by atoms with Gasteiger partial charge in [0, 0.05) is 22.3 Å².